The third-order valence-electron chi connectivity index (χ3n) is 2.89. The van der Waals surface area contributed by atoms with E-state index in [9.17, 15) is 9.50 Å². The van der Waals surface area contributed by atoms with Crippen molar-refractivity contribution in [2.24, 2.45) is 0 Å². The van der Waals surface area contributed by atoms with Gasteiger partial charge in [-0.3, -0.25) is 0 Å². The van der Waals surface area contributed by atoms with Crippen LogP contribution >= 0.6 is 0 Å². The summed E-state index contributed by atoms with van der Waals surface area (Å²) in [6.45, 7) is 3.53. The molecule has 2 nitrogen and oxygen atoms in total. The molecular weight excluding hydrogens is 193 g/mol. The average Bonchev–Trinajstić information content (AvgIpc) is 2.69. The second kappa shape index (κ2) is 4.19. The summed E-state index contributed by atoms with van der Waals surface area (Å²) in [7, 11) is 0. The lowest BCUT2D eigenvalue weighted by atomic mass is 10.1. The average molecular weight is 209 g/mol. The molecule has 0 amide bonds. The zero-order valence-corrected chi connectivity index (χ0v) is 8.91. The molecule has 0 aromatic heterocycles. The zero-order chi connectivity index (χ0) is 10.8. The Morgan fingerprint density at radius 2 is 2.00 bits per heavy atom. The van der Waals surface area contributed by atoms with Gasteiger partial charge in [0.2, 0.25) is 0 Å². The molecule has 15 heavy (non-hydrogen) atoms. The van der Waals surface area contributed by atoms with Gasteiger partial charge in [0.15, 0.2) is 0 Å². The molecule has 1 heterocycles. The van der Waals surface area contributed by atoms with Crippen LogP contribution in [0, 0.1) is 5.82 Å². The fourth-order valence-electron chi connectivity index (χ4n) is 2.17. The van der Waals surface area contributed by atoms with E-state index in [-0.39, 0.29) is 5.82 Å². The van der Waals surface area contributed by atoms with Crippen molar-refractivity contribution in [1.82, 2.24) is 0 Å². The Morgan fingerprint density at radius 1 is 1.33 bits per heavy atom. The van der Waals surface area contributed by atoms with E-state index in [0.717, 1.165) is 31.6 Å². The third-order valence-corrected chi connectivity index (χ3v) is 2.89. The molecule has 1 aromatic carbocycles. The lowest BCUT2D eigenvalue weighted by Crippen LogP contribution is -2.20. The highest BCUT2D eigenvalue weighted by atomic mass is 19.1. The third kappa shape index (κ3) is 1.97. The van der Waals surface area contributed by atoms with E-state index in [1.54, 1.807) is 13.0 Å². The van der Waals surface area contributed by atoms with Crippen LogP contribution in [0.5, 0.6) is 0 Å². The minimum Gasteiger partial charge on any atom is -0.389 e. The van der Waals surface area contributed by atoms with Gasteiger partial charge in [-0.1, -0.05) is 6.07 Å². The van der Waals surface area contributed by atoms with Gasteiger partial charge in [0, 0.05) is 24.3 Å². The number of halogens is 1. The van der Waals surface area contributed by atoms with Crippen molar-refractivity contribution in [2.45, 2.75) is 25.9 Å². The van der Waals surface area contributed by atoms with Crippen molar-refractivity contribution in [3.05, 3.63) is 29.6 Å². The van der Waals surface area contributed by atoms with Gasteiger partial charge in [-0.2, -0.15) is 0 Å². The maximum atomic E-state index is 13.6. The minimum atomic E-state index is -0.748. The molecule has 0 spiro atoms. The topological polar surface area (TPSA) is 23.5 Å². The van der Waals surface area contributed by atoms with Crippen molar-refractivity contribution in [3.8, 4) is 0 Å². The van der Waals surface area contributed by atoms with Gasteiger partial charge < -0.3 is 10.0 Å². The zero-order valence-electron chi connectivity index (χ0n) is 8.91. The molecule has 0 unspecified atom stereocenters. The van der Waals surface area contributed by atoms with Gasteiger partial charge in [0.1, 0.15) is 5.82 Å². The Hall–Kier alpha value is -1.09. The van der Waals surface area contributed by atoms with Gasteiger partial charge in [0.05, 0.1) is 6.10 Å². The number of anilines is 1. The Balaban J connectivity index is 2.40. The summed E-state index contributed by atoms with van der Waals surface area (Å²) in [5.74, 6) is -0.311. The fourth-order valence-corrected chi connectivity index (χ4v) is 2.17. The second-order valence-electron chi connectivity index (χ2n) is 4.04. The number of aliphatic hydroxyl groups excluding tert-OH is 1. The Labute approximate surface area is 89.3 Å². The first-order valence-electron chi connectivity index (χ1n) is 5.41. The molecule has 82 valence electrons. The van der Waals surface area contributed by atoms with Crippen molar-refractivity contribution >= 4 is 5.69 Å². The fraction of sp³-hybridized carbons (Fsp3) is 0.500. The van der Waals surface area contributed by atoms with Gasteiger partial charge in [-0.15, -0.1) is 0 Å². The van der Waals surface area contributed by atoms with Crippen molar-refractivity contribution < 1.29 is 9.50 Å². The van der Waals surface area contributed by atoms with E-state index in [1.165, 1.54) is 6.07 Å². The first-order chi connectivity index (χ1) is 7.20. The molecule has 0 bridgehead atoms. The quantitative estimate of drug-likeness (QED) is 0.808. The molecule has 0 aliphatic carbocycles. The number of nitrogens with zero attached hydrogens (tertiary/aromatic N) is 1. The lowest BCUT2D eigenvalue weighted by molar-refractivity contribution is 0.194. The molecule has 1 aliphatic rings. The maximum absolute atomic E-state index is 13.6. The van der Waals surface area contributed by atoms with E-state index in [0.29, 0.717) is 5.56 Å². The lowest BCUT2D eigenvalue weighted by Gasteiger charge is -2.22. The molecule has 1 aliphatic heterocycles. The van der Waals surface area contributed by atoms with Crippen molar-refractivity contribution in [2.75, 3.05) is 18.0 Å². The predicted molar refractivity (Wildman–Crippen MR) is 58.5 cm³/mol. The number of aliphatic hydroxyl groups is 1. The molecule has 0 radical (unpaired) electrons. The predicted octanol–water partition coefficient (Wildman–Crippen LogP) is 2.48. The molecule has 1 N–H and O–H groups in total. The van der Waals surface area contributed by atoms with Crippen LogP contribution in [0.4, 0.5) is 10.1 Å². The molecule has 1 saturated heterocycles. The van der Waals surface area contributed by atoms with Crippen LogP contribution in [0.2, 0.25) is 0 Å². The SMILES string of the molecule is C[C@H](O)c1c(F)cccc1N1CCCC1. The molecule has 1 aromatic rings. The van der Waals surface area contributed by atoms with Crippen LogP contribution in [-0.2, 0) is 0 Å². The summed E-state index contributed by atoms with van der Waals surface area (Å²) >= 11 is 0. The van der Waals surface area contributed by atoms with E-state index < -0.39 is 6.10 Å². The molecule has 3 heteroatoms. The highest BCUT2D eigenvalue weighted by molar-refractivity contribution is 5.55. The van der Waals surface area contributed by atoms with E-state index in [2.05, 4.69) is 4.90 Å². The van der Waals surface area contributed by atoms with E-state index in [4.69, 9.17) is 0 Å². The Morgan fingerprint density at radius 3 is 2.60 bits per heavy atom. The van der Waals surface area contributed by atoms with Crippen LogP contribution in [-0.4, -0.2) is 18.2 Å². The summed E-state index contributed by atoms with van der Waals surface area (Å²) < 4.78 is 13.6. The highest BCUT2D eigenvalue weighted by Crippen LogP contribution is 2.30. The first-order valence-corrected chi connectivity index (χ1v) is 5.41. The summed E-state index contributed by atoms with van der Waals surface area (Å²) in [5.41, 5.74) is 1.28. The van der Waals surface area contributed by atoms with Gasteiger partial charge in [-0.25, -0.2) is 4.39 Å². The number of hydrogen-bond donors (Lipinski definition) is 1. The number of benzene rings is 1. The summed E-state index contributed by atoms with van der Waals surface area (Å²) in [6, 6.07) is 4.99. The standard InChI is InChI=1S/C12H16FNO/c1-9(15)12-10(13)5-4-6-11(12)14-7-2-3-8-14/h4-6,9,15H,2-3,7-8H2,1H3/t9-/m0/s1. The Kier molecular flexibility index (Phi) is 2.91. The van der Waals surface area contributed by atoms with E-state index >= 15 is 0 Å². The number of hydrogen-bond acceptors (Lipinski definition) is 2. The summed E-state index contributed by atoms with van der Waals surface area (Å²) in [5, 5.41) is 9.58. The Bertz CT molecular complexity index is 345. The van der Waals surface area contributed by atoms with Crippen molar-refractivity contribution in [1.29, 1.82) is 0 Å². The van der Waals surface area contributed by atoms with Crippen molar-refractivity contribution in [3.63, 3.8) is 0 Å². The smallest absolute Gasteiger partial charge is 0.131 e. The number of rotatable bonds is 2. The van der Waals surface area contributed by atoms with Crippen LogP contribution < -0.4 is 4.90 Å². The highest BCUT2D eigenvalue weighted by Gasteiger charge is 2.20. The summed E-state index contributed by atoms with van der Waals surface area (Å²) in [4.78, 5) is 2.14. The molecule has 0 saturated carbocycles. The van der Waals surface area contributed by atoms with Gasteiger partial charge in [0.25, 0.3) is 0 Å². The molecule has 1 fully saturated rings. The van der Waals surface area contributed by atoms with E-state index in [1.807, 2.05) is 6.07 Å². The second-order valence-corrected chi connectivity index (χ2v) is 4.04. The molecule has 2 rings (SSSR count). The first kappa shape index (κ1) is 10.4. The monoisotopic (exact) mass is 209 g/mol. The maximum Gasteiger partial charge on any atom is 0.131 e. The van der Waals surface area contributed by atoms with Crippen LogP contribution in [0.25, 0.3) is 0 Å². The van der Waals surface area contributed by atoms with Crippen LogP contribution in [0.15, 0.2) is 18.2 Å². The van der Waals surface area contributed by atoms with Crippen LogP contribution in [0.3, 0.4) is 0 Å². The van der Waals surface area contributed by atoms with Gasteiger partial charge >= 0.3 is 0 Å². The summed E-state index contributed by atoms with van der Waals surface area (Å²) in [6.07, 6.45) is 1.55. The normalized spacial score (nSPS) is 18.2. The molecule has 1 atom stereocenters. The van der Waals surface area contributed by atoms with Gasteiger partial charge in [-0.05, 0) is 31.9 Å². The largest absolute Gasteiger partial charge is 0.389 e. The minimum absolute atomic E-state index is 0.311. The van der Waals surface area contributed by atoms with Crippen LogP contribution in [0.1, 0.15) is 31.4 Å². The molecular formula is C12H16FNO.